The molecule has 5 nitrogen and oxygen atoms in total. The summed E-state index contributed by atoms with van der Waals surface area (Å²) in [5, 5.41) is 3.82. The molecule has 0 aromatic rings. The van der Waals surface area contributed by atoms with Crippen molar-refractivity contribution >= 4 is 11.8 Å². The summed E-state index contributed by atoms with van der Waals surface area (Å²) >= 11 is 0. The third kappa shape index (κ3) is 7.10. The van der Waals surface area contributed by atoms with E-state index in [-0.39, 0.29) is 0 Å². The van der Waals surface area contributed by atoms with Gasteiger partial charge < -0.3 is 16.4 Å². The van der Waals surface area contributed by atoms with Crippen molar-refractivity contribution in [3.63, 3.8) is 0 Å². The van der Waals surface area contributed by atoms with Crippen molar-refractivity contribution in [2.45, 2.75) is 33.0 Å². The zero-order chi connectivity index (χ0) is 14.6. The van der Waals surface area contributed by atoms with Crippen molar-refractivity contribution in [2.75, 3.05) is 13.1 Å². The van der Waals surface area contributed by atoms with Crippen molar-refractivity contribution in [3.05, 3.63) is 0 Å². The highest BCUT2D eigenvalue weighted by Gasteiger charge is 2.29. The van der Waals surface area contributed by atoms with E-state index in [0.717, 1.165) is 0 Å². The van der Waals surface area contributed by atoms with Crippen molar-refractivity contribution in [3.8, 4) is 0 Å². The Morgan fingerprint density at radius 1 is 1.17 bits per heavy atom. The molecule has 0 fully saturated rings. The summed E-state index contributed by atoms with van der Waals surface area (Å²) < 4.78 is 35.3. The van der Waals surface area contributed by atoms with E-state index in [4.69, 9.17) is 5.73 Å². The first-order valence-corrected chi connectivity index (χ1v) is 5.30. The minimum Gasteiger partial charge on any atom is -0.346 e. The lowest BCUT2D eigenvalue weighted by molar-refractivity contribution is -0.138. The van der Waals surface area contributed by atoms with Crippen LogP contribution in [0, 0.1) is 5.41 Å². The second kappa shape index (κ2) is 6.03. The molecular formula is C10H18F3N3O2. The first-order valence-electron chi connectivity index (χ1n) is 5.30. The van der Waals surface area contributed by atoms with E-state index >= 15 is 0 Å². The third-order valence-electron chi connectivity index (χ3n) is 2.12. The van der Waals surface area contributed by atoms with Crippen LogP contribution in [0.15, 0.2) is 0 Å². The highest BCUT2D eigenvalue weighted by molar-refractivity contribution is 5.87. The molecule has 4 N–H and O–H groups in total. The molecule has 0 aliphatic rings. The maximum Gasteiger partial charge on any atom is 0.405 e. The normalized spacial score (nSPS) is 13.9. The van der Waals surface area contributed by atoms with Gasteiger partial charge in [0.2, 0.25) is 11.8 Å². The molecule has 1 atom stereocenters. The molecule has 0 spiro atoms. The maximum absolute atomic E-state index is 11.8. The molecule has 18 heavy (non-hydrogen) atoms. The molecule has 0 aromatic carbocycles. The van der Waals surface area contributed by atoms with Gasteiger partial charge in [-0.25, -0.2) is 0 Å². The van der Waals surface area contributed by atoms with Crippen molar-refractivity contribution in [1.29, 1.82) is 0 Å². The predicted molar refractivity (Wildman–Crippen MR) is 59.5 cm³/mol. The number of halogens is 3. The van der Waals surface area contributed by atoms with E-state index in [0.29, 0.717) is 0 Å². The number of carbonyl (C=O) groups excluding carboxylic acids is 2. The van der Waals surface area contributed by atoms with Crippen LogP contribution in [0.3, 0.4) is 0 Å². The van der Waals surface area contributed by atoms with E-state index in [1.54, 1.807) is 26.1 Å². The van der Waals surface area contributed by atoms with E-state index in [9.17, 15) is 22.8 Å². The van der Waals surface area contributed by atoms with Gasteiger partial charge in [-0.2, -0.15) is 13.2 Å². The van der Waals surface area contributed by atoms with Crippen LogP contribution in [0.1, 0.15) is 20.8 Å². The first-order chi connectivity index (χ1) is 7.93. The van der Waals surface area contributed by atoms with E-state index in [2.05, 4.69) is 5.32 Å². The molecule has 8 heteroatoms. The fourth-order valence-corrected chi connectivity index (χ4v) is 0.932. The fourth-order valence-electron chi connectivity index (χ4n) is 0.932. The Morgan fingerprint density at radius 3 is 2.06 bits per heavy atom. The molecule has 0 rings (SSSR count). The highest BCUT2D eigenvalue weighted by Crippen LogP contribution is 2.17. The van der Waals surface area contributed by atoms with Crippen LogP contribution in [-0.2, 0) is 9.59 Å². The molecule has 2 amide bonds. The molecule has 0 bridgehead atoms. The summed E-state index contributed by atoms with van der Waals surface area (Å²) in [5.74, 6) is -1.49. The summed E-state index contributed by atoms with van der Waals surface area (Å²) in [4.78, 5) is 22.5. The van der Waals surface area contributed by atoms with Gasteiger partial charge in [0.25, 0.3) is 0 Å². The number of nitrogens with two attached hydrogens (primary N) is 1. The van der Waals surface area contributed by atoms with Gasteiger partial charge in [0.1, 0.15) is 6.54 Å². The predicted octanol–water partition coefficient (Wildman–Crippen LogP) is 0.155. The smallest absolute Gasteiger partial charge is 0.346 e. The third-order valence-corrected chi connectivity index (χ3v) is 2.12. The number of hydrogen-bond donors (Lipinski definition) is 3. The van der Waals surface area contributed by atoms with Crippen LogP contribution < -0.4 is 16.4 Å². The summed E-state index contributed by atoms with van der Waals surface area (Å²) in [6, 6.07) is -0.840. The van der Waals surface area contributed by atoms with Gasteiger partial charge in [0.15, 0.2) is 0 Å². The van der Waals surface area contributed by atoms with Gasteiger partial charge in [0, 0.05) is 0 Å². The van der Waals surface area contributed by atoms with E-state index in [1.807, 2.05) is 0 Å². The van der Waals surface area contributed by atoms with Gasteiger partial charge >= 0.3 is 6.18 Å². The number of hydrogen-bond acceptors (Lipinski definition) is 3. The molecule has 0 radical (unpaired) electrons. The lowest BCUT2D eigenvalue weighted by Gasteiger charge is -2.25. The topological polar surface area (TPSA) is 84.2 Å². The number of alkyl halides is 3. The lowest BCUT2D eigenvalue weighted by atomic mass is 9.87. The molecule has 0 unspecified atom stereocenters. The molecule has 0 heterocycles. The molecule has 106 valence electrons. The van der Waals surface area contributed by atoms with Gasteiger partial charge in [-0.1, -0.05) is 20.8 Å². The Bertz CT molecular complexity index is 310. The van der Waals surface area contributed by atoms with Gasteiger partial charge in [-0.15, -0.1) is 0 Å². The number of rotatable bonds is 4. The Morgan fingerprint density at radius 2 is 1.67 bits per heavy atom. The monoisotopic (exact) mass is 269 g/mol. The average Bonchev–Trinajstić information content (AvgIpc) is 2.19. The second-order valence-electron chi connectivity index (χ2n) is 4.95. The van der Waals surface area contributed by atoms with Crippen LogP contribution in [0.4, 0.5) is 13.2 Å². The van der Waals surface area contributed by atoms with Crippen molar-refractivity contribution in [2.24, 2.45) is 11.1 Å². The maximum atomic E-state index is 11.8. The molecule has 0 aliphatic heterocycles. The first kappa shape index (κ1) is 16.7. The van der Waals surface area contributed by atoms with Gasteiger partial charge in [-0.3, -0.25) is 9.59 Å². The molecule has 0 aliphatic carbocycles. The Balaban J connectivity index is 4.04. The quantitative estimate of drug-likeness (QED) is 0.679. The molecule has 0 saturated carbocycles. The largest absolute Gasteiger partial charge is 0.405 e. The lowest BCUT2D eigenvalue weighted by Crippen LogP contribution is -2.51. The van der Waals surface area contributed by atoms with Crippen LogP contribution in [-0.4, -0.2) is 37.1 Å². The Labute approximate surface area is 103 Å². The van der Waals surface area contributed by atoms with Crippen molar-refractivity contribution in [1.82, 2.24) is 10.6 Å². The van der Waals surface area contributed by atoms with Crippen LogP contribution in [0.5, 0.6) is 0 Å². The summed E-state index contributed by atoms with van der Waals surface area (Å²) in [5.41, 5.74) is 5.11. The number of amides is 2. The van der Waals surface area contributed by atoms with Crippen LogP contribution in [0.25, 0.3) is 0 Å². The molecular weight excluding hydrogens is 251 g/mol. The number of carbonyl (C=O) groups is 2. The van der Waals surface area contributed by atoms with Crippen LogP contribution >= 0.6 is 0 Å². The minimum absolute atomic E-state index is 0.494. The van der Waals surface area contributed by atoms with Gasteiger partial charge in [0.05, 0.1) is 12.6 Å². The standard InChI is InChI=1S/C10H18F3N3O2/c1-9(2,3)7(14)8(18)15-4-6(17)16-5-10(11,12)13/h7H,4-5,14H2,1-3H3,(H,15,18)(H,16,17)/t7-/m1/s1. The Kier molecular flexibility index (Phi) is 5.59. The van der Waals surface area contributed by atoms with Gasteiger partial charge in [-0.05, 0) is 5.41 Å². The molecule has 0 saturated heterocycles. The Hall–Kier alpha value is -1.31. The number of nitrogens with one attached hydrogen (secondary N) is 2. The molecule has 0 aromatic heterocycles. The zero-order valence-electron chi connectivity index (χ0n) is 10.5. The van der Waals surface area contributed by atoms with Crippen molar-refractivity contribution < 1.29 is 22.8 Å². The van der Waals surface area contributed by atoms with E-state index in [1.165, 1.54) is 0 Å². The van der Waals surface area contributed by atoms with Crippen LogP contribution in [0.2, 0.25) is 0 Å². The SMILES string of the molecule is CC(C)(C)[C@H](N)C(=O)NCC(=O)NCC(F)(F)F. The second-order valence-corrected chi connectivity index (χ2v) is 4.95. The minimum atomic E-state index is -4.47. The fraction of sp³-hybridized carbons (Fsp3) is 0.800. The zero-order valence-corrected chi connectivity index (χ0v) is 10.5. The highest BCUT2D eigenvalue weighted by atomic mass is 19.4. The summed E-state index contributed by atoms with van der Waals surface area (Å²) in [6.07, 6.45) is -4.47. The summed E-state index contributed by atoms with van der Waals surface area (Å²) in [7, 11) is 0. The van der Waals surface area contributed by atoms with E-state index < -0.39 is 42.5 Å². The average molecular weight is 269 g/mol. The summed E-state index contributed by atoms with van der Waals surface area (Å²) in [6.45, 7) is 3.26.